The summed E-state index contributed by atoms with van der Waals surface area (Å²) in [7, 11) is 0. The maximum Gasteiger partial charge on any atom is 0.269 e. The number of aromatic nitrogens is 2. The topological polar surface area (TPSA) is 70.1 Å². The van der Waals surface area contributed by atoms with Crippen LogP contribution < -0.4 is 9.46 Å². The van der Waals surface area contributed by atoms with Crippen LogP contribution in [0.25, 0.3) is 11.3 Å². The Morgan fingerprint density at radius 1 is 0.971 bits per heavy atom. The van der Waals surface area contributed by atoms with Crippen molar-refractivity contribution in [1.82, 2.24) is 9.97 Å². The third-order valence-corrected chi connectivity index (χ3v) is 8.22. The molecule has 34 heavy (non-hydrogen) atoms. The lowest BCUT2D eigenvalue weighted by Gasteiger charge is -2.29. The Morgan fingerprint density at radius 2 is 1.74 bits per heavy atom. The quantitative estimate of drug-likeness (QED) is 0.443. The minimum atomic E-state index is -1.46. The van der Waals surface area contributed by atoms with E-state index in [1.807, 2.05) is 24.3 Å². The van der Waals surface area contributed by atoms with Crippen LogP contribution in [-0.2, 0) is 17.8 Å². The summed E-state index contributed by atoms with van der Waals surface area (Å²) in [6.45, 7) is 4.83. The van der Waals surface area contributed by atoms with E-state index in [0.29, 0.717) is 24.4 Å². The van der Waals surface area contributed by atoms with Gasteiger partial charge in [0.15, 0.2) is 4.90 Å². The lowest BCUT2D eigenvalue weighted by Crippen LogP contribution is -2.22. The van der Waals surface area contributed by atoms with Crippen molar-refractivity contribution in [2.24, 2.45) is 11.8 Å². The monoisotopic (exact) mass is 475 g/mol. The number of hydrogen-bond donors (Lipinski definition) is 1. The molecular weight excluding hydrogens is 442 g/mol. The van der Waals surface area contributed by atoms with Crippen LogP contribution in [0.4, 0.5) is 5.95 Å². The Kier molecular flexibility index (Phi) is 7.07. The predicted octanol–water partition coefficient (Wildman–Crippen LogP) is 6.42. The summed E-state index contributed by atoms with van der Waals surface area (Å²) >= 11 is -1.46. The smallest absolute Gasteiger partial charge is 0.269 e. The van der Waals surface area contributed by atoms with E-state index in [9.17, 15) is 4.55 Å². The predicted molar refractivity (Wildman–Crippen MR) is 137 cm³/mol. The van der Waals surface area contributed by atoms with Crippen molar-refractivity contribution in [1.29, 1.82) is 0 Å². The summed E-state index contributed by atoms with van der Waals surface area (Å²) in [5.41, 5.74) is 5.36. The molecule has 0 saturated heterocycles. The highest BCUT2D eigenvalue weighted by atomic mass is 32.2. The van der Waals surface area contributed by atoms with Gasteiger partial charge >= 0.3 is 0 Å². The second kappa shape index (κ2) is 10.4. The molecule has 6 heteroatoms. The molecule has 2 aliphatic rings. The first-order valence-corrected chi connectivity index (χ1v) is 13.6. The van der Waals surface area contributed by atoms with Crippen molar-refractivity contribution in [3.8, 4) is 17.1 Å². The summed E-state index contributed by atoms with van der Waals surface area (Å²) in [6, 6.07) is 16.2. The fourth-order valence-corrected chi connectivity index (χ4v) is 5.95. The molecule has 1 saturated carbocycles. The van der Waals surface area contributed by atoms with E-state index in [4.69, 9.17) is 9.72 Å². The number of anilines is 1. The average Bonchev–Trinajstić information content (AvgIpc) is 2.79. The molecule has 2 aromatic carbocycles. The number of nitrogens with one attached hydrogen (secondary N) is 1. The van der Waals surface area contributed by atoms with Crippen LogP contribution in [0, 0.1) is 25.7 Å². The molecule has 1 aliphatic heterocycles. The molecule has 1 fully saturated rings. The number of nitrogens with zero attached hydrogens (tertiary/aromatic N) is 2. The highest BCUT2D eigenvalue weighted by molar-refractivity contribution is 7.92. The summed E-state index contributed by atoms with van der Waals surface area (Å²) in [6.07, 6.45) is 8.51. The van der Waals surface area contributed by atoms with Crippen molar-refractivity contribution in [2.75, 3.05) is 11.3 Å². The molecule has 0 amide bonds. The van der Waals surface area contributed by atoms with Gasteiger partial charge in [-0.05, 0) is 80.2 Å². The van der Waals surface area contributed by atoms with Gasteiger partial charge < -0.3 is 9.29 Å². The second-order valence-electron chi connectivity index (χ2n) is 9.80. The van der Waals surface area contributed by atoms with Gasteiger partial charge in [-0.1, -0.05) is 49.6 Å². The summed E-state index contributed by atoms with van der Waals surface area (Å²) in [5, 5.41) is 0. The number of ether oxygens (including phenoxy) is 1. The van der Waals surface area contributed by atoms with Crippen molar-refractivity contribution >= 4 is 17.3 Å². The third-order valence-electron chi connectivity index (χ3n) is 7.17. The molecule has 0 radical (unpaired) electrons. The lowest BCUT2D eigenvalue weighted by atomic mass is 9.78. The van der Waals surface area contributed by atoms with Crippen LogP contribution in [-0.4, -0.2) is 21.1 Å². The van der Waals surface area contributed by atoms with Crippen molar-refractivity contribution in [3.63, 3.8) is 0 Å². The molecule has 4 bridgehead atoms. The van der Waals surface area contributed by atoms with Crippen LogP contribution in [0.15, 0.2) is 53.4 Å². The SMILES string of the molecule is Cc1cccc(C)c1-c1cc2nc(n1)N[S+]([O-])c1cccc(c1)CCC[C@H](CC1CCC1)CO2. The minimum absolute atomic E-state index is 0.325. The van der Waals surface area contributed by atoms with Gasteiger partial charge in [0.05, 0.1) is 12.3 Å². The van der Waals surface area contributed by atoms with Gasteiger partial charge in [-0.25, -0.2) is 4.98 Å². The van der Waals surface area contributed by atoms with Crippen molar-refractivity contribution < 1.29 is 9.29 Å². The molecule has 1 aromatic heterocycles. The third kappa shape index (κ3) is 5.39. The van der Waals surface area contributed by atoms with Crippen LogP contribution in [0.2, 0.25) is 0 Å². The molecule has 1 aliphatic carbocycles. The van der Waals surface area contributed by atoms with Gasteiger partial charge in [0.2, 0.25) is 5.88 Å². The van der Waals surface area contributed by atoms with Crippen molar-refractivity contribution in [2.45, 2.75) is 63.7 Å². The van der Waals surface area contributed by atoms with E-state index in [-0.39, 0.29) is 0 Å². The second-order valence-corrected chi connectivity index (χ2v) is 11.0. The number of rotatable bonds is 3. The molecule has 5 rings (SSSR count). The van der Waals surface area contributed by atoms with Crippen LogP contribution >= 0.6 is 0 Å². The Morgan fingerprint density at radius 3 is 2.50 bits per heavy atom. The van der Waals surface area contributed by atoms with E-state index in [2.05, 4.69) is 47.8 Å². The largest absolute Gasteiger partial charge is 0.588 e. The molecular formula is C28H33N3O2S. The van der Waals surface area contributed by atoms with E-state index in [1.165, 1.54) is 31.2 Å². The fourth-order valence-electron chi connectivity index (χ4n) is 5.12. The first-order chi connectivity index (χ1) is 16.5. The van der Waals surface area contributed by atoms with Crippen LogP contribution in [0.5, 0.6) is 5.88 Å². The van der Waals surface area contributed by atoms with Gasteiger partial charge in [-0.2, -0.15) is 9.71 Å². The zero-order chi connectivity index (χ0) is 23.5. The molecule has 3 aromatic rings. The summed E-state index contributed by atoms with van der Waals surface area (Å²) < 4.78 is 22.5. The molecule has 2 heterocycles. The lowest BCUT2D eigenvalue weighted by molar-refractivity contribution is 0.172. The first kappa shape index (κ1) is 23.2. The van der Waals surface area contributed by atoms with Gasteiger partial charge in [-0.3, -0.25) is 0 Å². The first-order valence-electron chi connectivity index (χ1n) is 12.4. The molecule has 5 nitrogen and oxygen atoms in total. The van der Waals surface area contributed by atoms with Gasteiger partial charge in [0, 0.05) is 11.6 Å². The molecule has 0 spiro atoms. The van der Waals surface area contributed by atoms with E-state index in [0.717, 1.165) is 52.5 Å². The Hall–Kier alpha value is -2.57. The zero-order valence-electron chi connectivity index (χ0n) is 20.0. The number of benzene rings is 2. The normalized spacial score (nSPS) is 21.0. The Bertz CT molecular complexity index is 1130. The van der Waals surface area contributed by atoms with Gasteiger partial charge in [0.1, 0.15) is 11.4 Å². The number of aryl methyl sites for hydroxylation is 3. The van der Waals surface area contributed by atoms with Crippen LogP contribution in [0.1, 0.15) is 55.2 Å². The van der Waals surface area contributed by atoms with Gasteiger partial charge in [-0.15, -0.1) is 0 Å². The maximum atomic E-state index is 13.1. The molecule has 2 atom stereocenters. The maximum absolute atomic E-state index is 13.1. The Labute approximate surface area is 205 Å². The average molecular weight is 476 g/mol. The van der Waals surface area contributed by atoms with E-state index in [1.54, 1.807) is 0 Å². The van der Waals surface area contributed by atoms with Crippen molar-refractivity contribution in [3.05, 3.63) is 65.2 Å². The summed E-state index contributed by atoms with van der Waals surface area (Å²) in [5.74, 6) is 2.22. The van der Waals surface area contributed by atoms with Gasteiger partial charge in [0.25, 0.3) is 5.95 Å². The standard InChI is InChI=1S/C28H33N3O2S/c1-19-7-3-8-20(2)27(19)25-17-26-30-28(29-25)31-34(32)24-14-6-12-22(16-24)11-5-13-23(18-33-26)15-21-9-4-10-21/h3,6-8,12,14,16-17,21,23H,4-5,9-11,13,15,18H2,1-2H3,(H,29,30,31)/t23-,34?/m1/s1. The minimum Gasteiger partial charge on any atom is -0.588 e. The highest BCUT2D eigenvalue weighted by Gasteiger charge is 2.24. The Balaban J connectivity index is 1.51. The molecule has 1 N–H and O–H groups in total. The highest BCUT2D eigenvalue weighted by Crippen LogP contribution is 2.35. The summed E-state index contributed by atoms with van der Waals surface area (Å²) in [4.78, 5) is 10.1. The molecule has 1 unspecified atom stereocenters. The molecule has 178 valence electrons. The number of fused-ring (bicyclic) bond motifs is 4. The number of hydrogen-bond acceptors (Lipinski definition) is 5. The van der Waals surface area contributed by atoms with Crippen LogP contribution in [0.3, 0.4) is 0 Å². The van der Waals surface area contributed by atoms with E-state index >= 15 is 0 Å². The fraction of sp³-hybridized carbons (Fsp3) is 0.429. The van der Waals surface area contributed by atoms with E-state index < -0.39 is 11.4 Å². The zero-order valence-corrected chi connectivity index (χ0v) is 20.9.